The third-order valence-electron chi connectivity index (χ3n) is 4.92. The molecular formula is C21H19FN4O2. The van der Waals surface area contributed by atoms with Crippen molar-refractivity contribution >= 4 is 5.91 Å². The van der Waals surface area contributed by atoms with Crippen molar-refractivity contribution in [2.45, 2.75) is 18.8 Å². The van der Waals surface area contributed by atoms with E-state index in [9.17, 15) is 14.0 Å². The minimum Gasteiger partial charge on any atom is -0.338 e. The van der Waals surface area contributed by atoms with Crippen LogP contribution >= 0.6 is 0 Å². The van der Waals surface area contributed by atoms with E-state index in [-0.39, 0.29) is 22.9 Å². The minimum absolute atomic E-state index is 0.0636. The number of H-pyrrole nitrogens is 1. The predicted molar refractivity (Wildman–Crippen MR) is 102 cm³/mol. The standard InChI is InChI=1S/C21H19FN4O2/c22-17-8-2-1-7-16(17)21(28)26-10-4-6-15(13-26)20-24-18(11-19(27)25-20)14-5-3-9-23-12-14/h1-3,5,7-9,11-12,15H,4,6,10,13H2,(H,24,25,27). The summed E-state index contributed by atoms with van der Waals surface area (Å²) in [6.45, 7) is 0.933. The molecule has 6 nitrogen and oxygen atoms in total. The van der Waals surface area contributed by atoms with Gasteiger partial charge in [-0.1, -0.05) is 12.1 Å². The number of piperidine rings is 1. The molecule has 1 N–H and O–H groups in total. The highest BCUT2D eigenvalue weighted by Crippen LogP contribution is 2.26. The molecule has 0 radical (unpaired) electrons. The number of aromatic nitrogens is 3. The molecule has 0 bridgehead atoms. The maximum Gasteiger partial charge on any atom is 0.256 e. The molecule has 1 saturated heterocycles. The first-order valence-electron chi connectivity index (χ1n) is 9.17. The minimum atomic E-state index is -0.528. The molecule has 0 saturated carbocycles. The Balaban J connectivity index is 1.60. The van der Waals surface area contributed by atoms with E-state index < -0.39 is 5.82 Å². The zero-order chi connectivity index (χ0) is 19.5. The number of carbonyl (C=O) groups is 1. The summed E-state index contributed by atoms with van der Waals surface area (Å²) in [7, 11) is 0. The van der Waals surface area contributed by atoms with Gasteiger partial charge in [0.15, 0.2) is 0 Å². The van der Waals surface area contributed by atoms with E-state index in [2.05, 4.69) is 15.0 Å². The van der Waals surface area contributed by atoms with Crippen LogP contribution in [-0.4, -0.2) is 38.8 Å². The SMILES string of the molecule is O=C(c1ccccc1F)N1CCCC(c2nc(-c3cccnc3)cc(=O)[nH]2)C1. The molecule has 0 spiro atoms. The van der Waals surface area contributed by atoms with Crippen molar-refractivity contribution in [1.82, 2.24) is 19.9 Å². The predicted octanol–water partition coefficient (Wildman–Crippen LogP) is 2.99. The molecule has 1 aliphatic heterocycles. The zero-order valence-corrected chi connectivity index (χ0v) is 15.1. The van der Waals surface area contributed by atoms with Gasteiger partial charge in [0, 0.05) is 43.0 Å². The van der Waals surface area contributed by atoms with E-state index in [1.165, 1.54) is 18.2 Å². The number of aromatic amines is 1. The molecule has 1 amide bonds. The van der Waals surface area contributed by atoms with Gasteiger partial charge in [0.05, 0.1) is 11.3 Å². The van der Waals surface area contributed by atoms with Crippen molar-refractivity contribution in [2.24, 2.45) is 0 Å². The lowest BCUT2D eigenvalue weighted by Crippen LogP contribution is -2.40. The highest BCUT2D eigenvalue weighted by molar-refractivity contribution is 5.94. The van der Waals surface area contributed by atoms with Gasteiger partial charge < -0.3 is 9.88 Å². The Morgan fingerprint density at radius 1 is 1.21 bits per heavy atom. The molecule has 3 heterocycles. The van der Waals surface area contributed by atoms with Crippen molar-refractivity contribution in [3.8, 4) is 11.3 Å². The first-order valence-corrected chi connectivity index (χ1v) is 9.17. The molecule has 1 aromatic carbocycles. The number of hydrogen-bond acceptors (Lipinski definition) is 4. The Morgan fingerprint density at radius 2 is 2.07 bits per heavy atom. The molecule has 3 aromatic rings. The quantitative estimate of drug-likeness (QED) is 0.760. The number of amides is 1. The number of likely N-dealkylation sites (tertiary alicyclic amines) is 1. The molecule has 4 rings (SSSR count). The summed E-state index contributed by atoms with van der Waals surface area (Å²) < 4.78 is 14.0. The number of nitrogens with one attached hydrogen (secondary N) is 1. The molecule has 142 valence electrons. The van der Waals surface area contributed by atoms with Crippen LogP contribution in [0.2, 0.25) is 0 Å². The monoisotopic (exact) mass is 378 g/mol. The van der Waals surface area contributed by atoms with E-state index in [0.29, 0.717) is 24.6 Å². The normalized spacial score (nSPS) is 16.8. The molecule has 28 heavy (non-hydrogen) atoms. The molecule has 1 unspecified atom stereocenters. The summed E-state index contributed by atoms with van der Waals surface area (Å²) in [6.07, 6.45) is 4.86. The van der Waals surface area contributed by atoms with Gasteiger partial charge in [-0.25, -0.2) is 9.37 Å². The second-order valence-electron chi connectivity index (χ2n) is 6.83. The van der Waals surface area contributed by atoms with E-state index in [1.54, 1.807) is 35.5 Å². The largest absolute Gasteiger partial charge is 0.338 e. The van der Waals surface area contributed by atoms with Crippen LogP contribution in [-0.2, 0) is 0 Å². The maximum atomic E-state index is 14.0. The van der Waals surface area contributed by atoms with Gasteiger partial charge in [-0.3, -0.25) is 14.6 Å². The lowest BCUT2D eigenvalue weighted by atomic mass is 9.96. The fraction of sp³-hybridized carbons (Fsp3) is 0.238. The average molecular weight is 378 g/mol. The first-order chi connectivity index (χ1) is 13.6. The maximum absolute atomic E-state index is 14.0. The fourth-order valence-electron chi connectivity index (χ4n) is 3.52. The lowest BCUT2D eigenvalue weighted by molar-refractivity contribution is 0.0699. The van der Waals surface area contributed by atoms with Crippen molar-refractivity contribution in [3.63, 3.8) is 0 Å². The highest BCUT2D eigenvalue weighted by Gasteiger charge is 2.28. The van der Waals surface area contributed by atoms with Gasteiger partial charge in [0.2, 0.25) is 0 Å². The van der Waals surface area contributed by atoms with Gasteiger partial charge >= 0.3 is 0 Å². The molecule has 2 aromatic heterocycles. The van der Waals surface area contributed by atoms with E-state index >= 15 is 0 Å². The van der Waals surface area contributed by atoms with Crippen molar-refractivity contribution in [3.05, 3.63) is 82.4 Å². The highest BCUT2D eigenvalue weighted by atomic mass is 19.1. The summed E-state index contributed by atoms with van der Waals surface area (Å²) in [5, 5.41) is 0. The van der Waals surface area contributed by atoms with Crippen LogP contribution in [0.1, 0.15) is 34.9 Å². The zero-order valence-electron chi connectivity index (χ0n) is 15.1. The molecule has 1 fully saturated rings. The third kappa shape index (κ3) is 3.69. The molecule has 7 heteroatoms. The van der Waals surface area contributed by atoms with Crippen LogP contribution in [0, 0.1) is 5.82 Å². The van der Waals surface area contributed by atoms with Crippen molar-refractivity contribution in [2.75, 3.05) is 13.1 Å². The molecule has 1 atom stereocenters. The number of benzene rings is 1. The molecule has 1 aliphatic rings. The number of rotatable bonds is 3. The van der Waals surface area contributed by atoms with Crippen LogP contribution in [0.5, 0.6) is 0 Å². The fourth-order valence-corrected chi connectivity index (χ4v) is 3.52. The van der Waals surface area contributed by atoms with E-state index in [0.717, 1.165) is 18.4 Å². The summed E-state index contributed by atoms with van der Waals surface area (Å²) in [5.41, 5.74) is 1.12. The van der Waals surface area contributed by atoms with Crippen molar-refractivity contribution in [1.29, 1.82) is 0 Å². The van der Waals surface area contributed by atoms with E-state index in [4.69, 9.17) is 0 Å². The second-order valence-corrected chi connectivity index (χ2v) is 6.83. The summed E-state index contributed by atoms with van der Waals surface area (Å²) in [4.78, 5) is 38.0. The van der Waals surface area contributed by atoms with Crippen LogP contribution in [0.15, 0.2) is 59.7 Å². The first kappa shape index (κ1) is 18.0. The smallest absolute Gasteiger partial charge is 0.256 e. The van der Waals surface area contributed by atoms with Gasteiger partial charge in [0.1, 0.15) is 11.6 Å². The second kappa shape index (κ2) is 7.72. The number of nitrogens with zero attached hydrogens (tertiary/aromatic N) is 3. The number of pyridine rings is 1. The van der Waals surface area contributed by atoms with Crippen molar-refractivity contribution < 1.29 is 9.18 Å². The summed E-state index contributed by atoms with van der Waals surface area (Å²) >= 11 is 0. The van der Waals surface area contributed by atoms with Crippen LogP contribution in [0.25, 0.3) is 11.3 Å². The summed E-state index contributed by atoms with van der Waals surface area (Å²) in [5.74, 6) is -0.445. The van der Waals surface area contributed by atoms with Gasteiger partial charge in [-0.15, -0.1) is 0 Å². The van der Waals surface area contributed by atoms with Gasteiger partial charge in [0.25, 0.3) is 11.5 Å². The molecule has 0 aliphatic carbocycles. The Bertz CT molecular complexity index is 1050. The van der Waals surface area contributed by atoms with Gasteiger partial charge in [-0.05, 0) is 37.1 Å². The van der Waals surface area contributed by atoms with E-state index in [1.807, 2.05) is 6.07 Å². The summed E-state index contributed by atoms with van der Waals surface area (Å²) in [6, 6.07) is 11.0. The third-order valence-corrected chi connectivity index (χ3v) is 4.92. The topological polar surface area (TPSA) is 79.0 Å². The Labute approximate surface area is 161 Å². The number of hydrogen-bond donors (Lipinski definition) is 1. The van der Waals surface area contributed by atoms with Crippen LogP contribution < -0.4 is 5.56 Å². The van der Waals surface area contributed by atoms with Crippen LogP contribution in [0.4, 0.5) is 4.39 Å². The van der Waals surface area contributed by atoms with Gasteiger partial charge in [-0.2, -0.15) is 0 Å². The molecular weight excluding hydrogens is 359 g/mol. The Hall–Kier alpha value is -3.35. The Kier molecular flexibility index (Phi) is 4.97. The Morgan fingerprint density at radius 3 is 2.86 bits per heavy atom. The number of carbonyl (C=O) groups excluding carboxylic acids is 1. The average Bonchev–Trinajstić information content (AvgIpc) is 2.74. The lowest BCUT2D eigenvalue weighted by Gasteiger charge is -2.32. The number of halogens is 1. The van der Waals surface area contributed by atoms with Crippen LogP contribution in [0.3, 0.4) is 0 Å².